The van der Waals surface area contributed by atoms with Crippen molar-refractivity contribution in [3.8, 4) is 0 Å². The molecule has 3 N–H and O–H groups in total. The second-order valence-corrected chi connectivity index (χ2v) is 4.80. The first-order valence-electron chi connectivity index (χ1n) is 6.22. The molecule has 0 spiro atoms. The largest absolute Gasteiger partial charge is 0.388 e. The lowest BCUT2D eigenvalue weighted by Crippen LogP contribution is -2.41. The molecule has 19 heavy (non-hydrogen) atoms. The highest BCUT2D eigenvalue weighted by Gasteiger charge is 2.18. The summed E-state index contributed by atoms with van der Waals surface area (Å²) >= 11 is 0. The molecule has 1 aromatic rings. The van der Waals surface area contributed by atoms with Crippen molar-refractivity contribution in [1.82, 2.24) is 5.32 Å². The van der Waals surface area contributed by atoms with Gasteiger partial charge in [-0.2, -0.15) is 0 Å². The van der Waals surface area contributed by atoms with E-state index >= 15 is 0 Å². The third-order valence-corrected chi connectivity index (χ3v) is 2.92. The van der Waals surface area contributed by atoms with Gasteiger partial charge >= 0.3 is 6.03 Å². The number of nitrogens with one attached hydrogen (secondary N) is 2. The highest BCUT2D eigenvalue weighted by atomic mass is 16.3. The number of anilines is 1. The van der Waals surface area contributed by atoms with E-state index < -0.39 is 11.6 Å². The molecular formula is C14H20N2O3. The molecule has 0 saturated heterocycles. The smallest absolute Gasteiger partial charge is 0.319 e. The highest BCUT2D eigenvalue weighted by Crippen LogP contribution is 2.11. The zero-order valence-corrected chi connectivity index (χ0v) is 11.5. The number of urea groups is 1. The van der Waals surface area contributed by atoms with Crippen molar-refractivity contribution >= 4 is 17.5 Å². The number of amides is 2. The van der Waals surface area contributed by atoms with Crippen molar-refractivity contribution in [1.29, 1.82) is 0 Å². The minimum Gasteiger partial charge on any atom is -0.388 e. The van der Waals surface area contributed by atoms with E-state index in [4.69, 9.17) is 0 Å². The van der Waals surface area contributed by atoms with Gasteiger partial charge in [0.15, 0.2) is 5.78 Å². The molecule has 0 saturated carbocycles. The van der Waals surface area contributed by atoms with Crippen molar-refractivity contribution in [2.24, 2.45) is 0 Å². The molecule has 0 heterocycles. The standard InChI is InChI=1S/C14H20N2O3/c1-4-14(3,19)9-15-13(18)16-12-7-5-6-11(8-12)10(2)17/h5-8,19H,4,9H2,1-3H3,(H2,15,16,18). The molecule has 0 fully saturated rings. The first-order valence-corrected chi connectivity index (χ1v) is 6.22. The normalized spacial score (nSPS) is 13.5. The zero-order chi connectivity index (χ0) is 14.5. The fourth-order valence-corrected chi connectivity index (χ4v) is 1.39. The summed E-state index contributed by atoms with van der Waals surface area (Å²) in [5.74, 6) is -0.0574. The van der Waals surface area contributed by atoms with Crippen LogP contribution in [0.4, 0.5) is 10.5 Å². The van der Waals surface area contributed by atoms with Crippen molar-refractivity contribution in [2.75, 3.05) is 11.9 Å². The lowest BCUT2D eigenvalue weighted by Gasteiger charge is -2.21. The van der Waals surface area contributed by atoms with Gasteiger partial charge in [0.05, 0.1) is 5.60 Å². The summed E-state index contributed by atoms with van der Waals surface area (Å²) < 4.78 is 0. The summed E-state index contributed by atoms with van der Waals surface area (Å²) in [5, 5.41) is 15.0. The van der Waals surface area contributed by atoms with E-state index in [1.165, 1.54) is 6.92 Å². The van der Waals surface area contributed by atoms with E-state index in [-0.39, 0.29) is 12.3 Å². The maximum absolute atomic E-state index is 11.6. The van der Waals surface area contributed by atoms with Crippen LogP contribution in [-0.4, -0.2) is 29.1 Å². The maximum atomic E-state index is 11.6. The van der Waals surface area contributed by atoms with Crippen LogP contribution in [0.2, 0.25) is 0 Å². The molecule has 1 atom stereocenters. The van der Waals surface area contributed by atoms with Crippen LogP contribution in [0, 0.1) is 0 Å². The monoisotopic (exact) mass is 264 g/mol. The first kappa shape index (κ1) is 15.2. The number of carbonyl (C=O) groups excluding carboxylic acids is 2. The van der Waals surface area contributed by atoms with Crippen LogP contribution in [0.25, 0.3) is 0 Å². The van der Waals surface area contributed by atoms with Crippen molar-refractivity contribution in [2.45, 2.75) is 32.8 Å². The number of hydrogen-bond donors (Lipinski definition) is 3. The molecule has 0 radical (unpaired) electrons. The van der Waals surface area contributed by atoms with Crippen LogP contribution in [0.1, 0.15) is 37.6 Å². The number of benzene rings is 1. The minimum absolute atomic E-state index is 0.0574. The molecule has 1 unspecified atom stereocenters. The Hall–Kier alpha value is -1.88. The van der Waals surface area contributed by atoms with Gasteiger partial charge in [0, 0.05) is 17.8 Å². The van der Waals surface area contributed by atoms with Crippen LogP contribution in [0.3, 0.4) is 0 Å². The van der Waals surface area contributed by atoms with Gasteiger partial charge in [0.25, 0.3) is 0 Å². The second-order valence-electron chi connectivity index (χ2n) is 4.80. The third kappa shape index (κ3) is 5.09. The first-order chi connectivity index (χ1) is 8.84. The van der Waals surface area contributed by atoms with E-state index in [9.17, 15) is 14.7 Å². The van der Waals surface area contributed by atoms with E-state index in [0.717, 1.165) is 0 Å². The van der Waals surface area contributed by atoms with Crippen LogP contribution in [0.5, 0.6) is 0 Å². The van der Waals surface area contributed by atoms with Crippen LogP contribution in [0.15, 0.2) is 24.3 Å². The molecule has 104 valence electrons. The Bertz CT molecular complexity index is 470. The molecule has 0 bridgehead atoms. The number of aliphatic hydroxyl groups is 1. The van der Waals surface area contributed by atoms with Gasteiger partial charge in [-0.05, 0) is 32.4 Å². The molecule has 2 amide bonds. The average Bonchev–Trinajstić information content (AvgIpc) is 2.37. The molecular weight excluding hydrogens is 244 g/mol. The van der Waals surface area contributed by atoms with Gasteiger partial charge in [0.2, 0.25) is 0 Å². The third-order valence-electron chi connectivity index (χ3n) is 2.92. The van der Waals surface area contributed by atoms with Gasteiger partial charge in [-0.25, -0.2) is 4.79 Å². The SMILES string of the molecule is CCC(C)(O)CNC(=O)Nc1cccc(C(C)=O)c1. The highest BCUT2D eigenvalue weighted by molar-refractivity contribution is 5.96. The summed E-state index contributed by atoms with van der Waals surface area (Å²) in [6.45, 7) is 5.14. The molecule has 0 aromatic heterocycles. The van der Waals surface area contributed by atoms with Crippen LogP contribution in [-0.2, 0) is 0 Å². The Morgan fingerprint density at radius 2 is 2.05 bits per heavy atom. The summed E-state index contributed by atoms with van der Waals surface area (Å²) in [7, 11) is 0. The molecule has 0 aliphatic carbocycles. The molecule has 1 aromatic carbocycles. The average molecular weight is 264 g/mol. The Morgan fingerprint density at radius 3 is 2.63 bits per heavy atom. The number of rotatable bonds is 5. The zero-order valence-electron chi connectivity index (χ0n) is 11.5. The van der Waals surface area contributed by atoms with E-state index in [1.54, 1.807) is 31.2 Å². The second kappa shape index (κ2) is 6.33. The van der Waals surface area contributed by atoms with Gasteiger partial charge in [0.1, 0.15) is 0 Å². The van der Waals surface area contributed by atoms with Crippen LogP contribution < -0.4 is 10.6 Å². The number of hydrogen-bond acceptors (Lipinski definition) is 3. The van der Waals surface area contributed by atoms with Gasteiger partial charge < -0.3 is 15.7 Å². The summed E-state index contributed by atoms with van der Waals surface area (Å²) in [5.41, 5.74) is 0.165. The van der Waals surface area contributed by atoms with Crippen molar-refractivity contribution < 1.29 is 14.7 Å². The fraction of sp³-hybridized carbons (Fsp3) is 0.429. The Labute approximate surface area is 113 Å². The molecule has 1 rings (SSSR count). The predicted octanol–water partition coefficient (Wildman–Crippen LogP) is 2.17. The Kier molecular flexibility index (Phi) is 5.06. The molecule has 5 nitrogen and oxygen atoms in total. The van der Waals surface area contributed by atoms with Gasteiger partial charge in [-0.15, -0.1) is 0 Å². The summed E-state index contributed by atoms with van der Waals surface area (Å²) in [6, 6.07) is 6.29. The quantitative estimate of drug-likeness (QED) is 0.713. The van der Waals surface area contributed by atoms with Gasteiger partial charge in [-0.3, -0.25) is 4.79 Å². The van der Waals surface area contributed by atoms with E-state index in [1.807, 2.05) is 6.92 Å². The lowest BCUT2D eigenvalue weighted by atomic mass is 10.0. The Morgan fingerprint density at radius 1 is 1.37 bits per heavy atom. The summed E-state index contributed by atoms with van der Waals surface area (Å²) in [6.07, 6.45) is 0.549. The van der Waals surface area contributed by atoms with E-state index in [0.29, 0.717) is 17.7 Å². The number of ketones is 1. The molecule has 5 heteroatoms. The van der Waals surface area contributed by atoms with Crippen molar-refractivity contribution in [3.63, 3.8) is 0 Å². The topological polar surface area (TPSA) is 78.4 Å². The molecule has 0 aliphatic rings. The van der Waals surface area contributed by atoms with E-state index in [2.05, 4.69) is 10.6 Å². The minimum atomic E-state index is -0.918. The molecule has 0 aliphatic heterocycles. The maximum Gasteiger partial charge on any atom is 0.319 e. The van der Waals surface area contributed by atoms with Crippen LogP contribution >= 0.6 is 0 Å². The van der Waals surface area contributed by atoms with Crippen molar-refractivity contribution in [3.05, 3.63) is 29.8 Å². The van der Waals surface area contributed by atoms with Gasteiger partial charge in [-0.1, -0.05) is 19.1 Å². The summed E-state index contributed by atoms with van der Waals surface area (Å²) in [4.78, 5) is 22.9. The Balaban J connectivity index is 2.58. The fourth-order valence-electron chi connectivity index (χ4n) is 1.39. The number of carbonyl (C=O) groups is 2. The predicted molar refractivity (Wildman–Crippen MR) is 74.4 cm³/mol. The lowest BCUT2D eigenvalue weighted by molar-refractivity contribution is 0.0587. The number of Topliss-reactive ketones (excluding diaryl/α,β-unsaturated/α-hetero) is 1.